The summed E-state index contributed by atoms with van der Waals surface area (Å²) in [7, 11) is 1.38. The summed E-state index contributed by atoms with van der Waals surface area (Å²) in [5.74, 6) is -0.396. The van der Waals surface area contributed by atoms with Crippen LogP contribution in [-0.4, -0.2) is 28.0 Å². The quantitative estimate of drug-likeness (QED) is 0.293. The molecule has 0 saturated carbocycles. The van der Waals surface area contributed by atoms with Crippen molar-refractivity contribution in [2.24, 2.45) is 0 Å². The van der Waals surface area contributed by atoms with Gasteiger partial charge in [0.2, 0.25) is 0 Å². The van der Waals surface area contributed by atoms with Crippen molar-refractivity contribution in [2.75, 3.05) is 12.4 Å². The number of anilines is 1. The van der Waals surface area contributed by atoms with Gasteiger partial charge in [0.25, 0.3) is 11.6 Å². The Hall–Kier alpha value is -2.79. The maximum atomic E-state index is 12.5. The number of hydrogen-bond acceptors (Lipinski definition) is 7. The van der Waals surface area contributed by atoms with Crippen molar-refractivity contribution in [2.45, 2.75) is 0 Å². The number of carbonyl (C=O) groups is 1. The van der Waals surface area contributed by atoms with Crippen molar-refractivity contribution < 1.29 is 14.5 Å². The van der Waals surface area contributed by atoms with Crippen LogP contribution in [0.25, 0.3) is 11.3 Å². The van der Waals surface area contributed by atoms with Crippen molar-refractivity contribution in [3.8, 4) is 17.0 Å². The molecule has 0 atom stereocenters. The molecule has 1 aromatic heterocycles. The van der Waals surface area contributed by atoms with Crippen LogP contribution in [0, 0.1) is 10.1 Å². The van der Waals surface area contributed by atoms with E-state index in [-0.39, 0.29) is 32.2 Å². The van der Waals surface area contributed by atoms with Crippen LogP contribution in [0.1, 0.15) is 10.4 Å². The summed E-state index contributed by atoms with van der Waals surface area (Å²) in [6, 6.07) is 8.98. The number of carbonyl (C=O) groups excluding carboxylic acids is 1. The zero-order valence-electron chi connectivity index (χ0n) is 15.1. The minimum atomic E-state index is -0.566. The summed E-state index contributed by atoms with van der Waals surface area (Å²) in [4.78, 5) is 27.3. The average Bonchev–Trinajstić information content (AvgIpc) is 3.15. The number of aromatic nitrogens is 1. The largest absolute Gasteiger partial charge is 0.494 e. The molecule has 1 amide bonds. The third-order valence-corrected chi connectivity index (χ3v) is 5.22. The lowest BCUT2D eigenvalue weighted by atomic mass is 10.1. The van der Waals surface area contributed by atoms with E-state index in [1.54, 1.807) is 17.5 Å². The van der Waals surface area contributed by atoms with Crippen LogP contribution in [0.4, 0.5) is 10.8 Å². The van der Waals surface area contributed by atoms with E-state index in [0.29, 0.717) is 16.4 Å². The second-order valence-corrected chi connectivity index (χ2v) is 7.83. The van der Waals surface area contributed by atoms with Crippen LogP contribution in [-0.2, 0) is 0 Å². The Labute approximate surface area is 189 Å². The number of non-ortho nitro benzene ring substituents is 1. The number of ether oxygens (including phenoxy) is 1. The summed E-state index contributed by atoms with van der Waals surface area (Å²) >= 11 is 18.4. The van der Waals surface area contributed by atoms with Crippen molar-refractivity contribution >= 4 is 68.6 Å². The van der Waals surface area contributed by atoms with E-state index in [1.807, 2.05) is 0 Å². The maximum absolute atomic E-state index is 12.5. The van der Waals surface area contributed by atoms with Crippen LogP contribution >= 0.6 is 46.8 Å². The molecule has 12 heteroatoms. The first kappa shape index (κ1) is 21.9. The molecule has 154 valence electrons. The van der Waals surface area contributed by atoms with Crippen molar-refractivity contribution in [1.29, 1.82) is 0 Å². The fraction of sp³-hybridized carbons (Fsp3) is 0.0556. The van der Waals surface area contributed by atoms with Crippen molar-refractivity contribution in [3.05, 3.63) is 67.5 Å². The monoisotopic (exact) mass is 482 g/mol. The van der Waals surface area contributed by atoms with Gasteiger partial charge in [-0.3, -0.25) is 20.2 Å². The Morgan fingerprint density at radius 1 is 1.30 bits per heavy atom. The molecule has 0 unspecified atom stereocenters. The van der Waals surface area contributed by atoms with E-state index >= 15 is 0 Å². The van der Waals surface area contributed by atoms with Crippen molar-refractivity contribution in [3.63, 3.8) is 0 Å². The van der Waals surface area contributed by atoms with Crippen LogP contribution < -0.4 is 15.4 Å². The molecule has 3 aromatic rings. The van der Waals surface area contributed by atoms with Gasteiger partial charge in [-0.15, -0.1) is 11.3 Å². The van der Waals surface area contributed by atoms with Crippen LogP contribution in [0.15, 0.2) is 41.8 Å². The number of nitrogens with one attached hydrogen (secondary N) is 2. The van der Waals surface area contributed by atoms with E-state index in [0.717, 1.165) is 0 Å². The molecule has 3 rings (SSSR count). The highest BCUT2D eigenvalue weighted by Gasteiger charge is 2.18. The molecule has 0 spiro atoms. The minimum Gasteiger partial charge on any atom is -0.494 e. The molecule has 2 N–H and O–H groups in total. The predicted molar refractivity (Wildman–Crippen MR) is 121 cm³/mol. The maximum Gasteiger partial charge on any atom is 0.270 e. The van der Waals surface area contributed by atoms with Crippen molar-refractivity contribution in [1.82, 2.24) is 10.3 Å². The number of amides is 1. The van der Waals surface area contributed by atoms with E-state index in [1.165, 1.54) is 42.7 Å². The topological polar surface area (TPSA) is 106 Å². The SMILES string of the molecule is COc1c(Cl)cc(Cl)cc1C(=O)NC(=S)Nc1nc(-c2cccc([N+](=O)[O-])c2)cs1. The number of nitro benzene ring substituents is 1. The van der Waals surface area contributed by atoms with Gasteiger partial charge in [-0.25, -0.2) is 4.98 Å². The Balaban J connectivity index is 1.71. The van der Waals surface area contributed by atoms with Gasteiger partial charge in [0.05, 0.1) is 28.3 Å². The van der Waals surface area contributed by atoms with E-state index < -0.39 is 10.8 Å². The number of methoxy groups -OCH3 is 1. The van der Waals surface area contributed by atoms with E-state index in [9.17, 15) is 14.9 Å². The number of thiazole rings is 1. The molecule has 0 aliphatic rings. The molecule has 0 aliphatic carbocycles. The van der Waals surface area contributed by atoms with Gasteiger partial charge in [-0.1, -0.05) is 35.3 Å². The third-order valence-electron chi connectivity index (χ3n) is 3.76. The second kappa shape index (κ2) is 9.35. The number of thiocarbonyl (C=S) groups is 1. The van der Waals surface area contributed by atoms with E-state index in [4.69, 9.17) is 40.2 Å². The highest BCUT2D eigenvalue weighted by atomic mass is 35.5. The molecule has 0 aliphatic heterocycles. The Morgan fingerprint density at radius 3 is 2.77 bits per heavy atom. The number of nitrogens with zero attached hydrogens (tertiary/aromatic N) is 2. The first-order chi connectivity index (χ1) is 14.3. The Morgan fingerprint density at radius 2 is 2.07 bits per heavy atom. The fourth-order valence-corrected chi connectivity index (χ4v) is 4.03. The molecule has 0 saturated heterocycles. The summed E-state index contributed by atoms with van der Waals surface area (Å²) in [5.41, 5.74) is 1.20. The lowest BCUT2D eigenvalue weighted by molar-refractivity contribution is -0.384. The lowest BCUT2D eigenvalue weighted by Gasteiger charge is -2.12. The summed E-state index contributed by atoms with van der Waals surface area (Å²) in [5, 5.41) is 18.8. The number of benzene rings is 2. The molecule has 8 nitrogen and oxygen atoms in total. The molecule has 0 radical (unpaired) electrons. The smallest absolute Gasteiger partial charge is 0.270 e. The minimum absolute atomic E-state index is 0.00177. The van der Waals surface area contributed by atoms with Gasteiger partial charge in [0, 0.05) is 28.1 Å². The average molecular weight is 483 g/mol. The zero-order valence-corrected chi connectivity index (χ0v) is 18.3. The number of hydrogen-bond donors (Lipinski definition) is 2. The van der Waals surface area contributed by atoms with Crippen LogP contribution in [0.3, 0.4) is 0 Å². The fourth-order valence-electron chi connectivity index (χ4n) is 2.48. The number of nitro groups is 1. The van der Waals surface area contributed by atoms with Gasteiger partial charge in [-0.2, -0.15) is 0 Å². The second-order valence-electron chi connectivity index (χ2n) is 5.72. The van der Waals surface area contributed by atoms with Gasteiger partial charge in [0.1, 0.15) is 5.75 Å². The third kappa shape index (κ3) is 5.03. The van der Waals surface area contributed by atoms with Crippen LogP contribution in [0.2, 0.25) is 10.0 Å². The molecule has 1 heterocycles. The van der Waals surface area contributed by atoms with Gasteiger partial charge in [0.15, 0.2) is 10.2 Å². The normalized spacial score (nSPS) is 10.4. The Kier molecular flexibility index (Phi) is 6.83. The molecule has 30 heavy (non-hydrogen) atoms. The molecular formula is C18H12Cl2N4O4S2. The molecule has 0 fully saturated rings. The zero-order chi connectivity index (χ0) is 21.8. The molecular weight excluding hydrogens is 471 g/mol. The summed E-state index contributed by atoms with van der Waals surface area (Å²) in [6.45, 7) is 0. The lowest BCUT2D eigenvalue weighted by Crippen LogP contribution is -2.34. The van der Waals surface area contributed by atoms with E-state index in [2.05, 4.69) is 15.6 Å². The molecule has 2 aromatic carbocycles. The number of halogens is 2. The standard InChI is InChI=1S/C18H12Cl2N4O4S2/c1-28-15-12(6-10(19)7-13(15)20)16(25)22-17(29)23-18-21-14(8-30-18)9-3-2-4-11(5-9)24(26)27/h2-8H,1H3,(H2,21,22,23,25,29). The Bertz CT molecular complexity index is 1150. The molecule has 0 bridgehead atoms. The van der Waals surface area contributed by atoms with Crippen LogP contribution in [0.5, 0.6) is 5.75 Å². The van der Waals surface area contributed by atoms with Gasteiger partial charge < -0.3 is 10.1 Å². The highest BCUT2D eigenvalue weighted by Crippen LogP contribution is 2.32. The predicted octanol–water partition coefficient (Wildman–Crippen LogP) is 5.16. The summed E-state index contributed by atoms with van der Waals surface area (Å²) in [6.07, 6.45) is 0. The highest BCUT2D eigenvalue weighted by molar-refractivity contribution is 7.80. The van der Waals surface area contributed by atoms with Gasteiger partial charge >= 0.3 is 0 Å². The first-order valence-electron chi connectivity index (χ1n) is 8.14. The first-order valence-corrected chi connectivity index (χ1v) is 10.2. The summed E-state index contributed by atoms with van der Waals surface area (Å²) < 4.78 is 5.16. The number of rotatable bonds is 5. The van der Waals surface area contributed by atoms with Gasteiger partial charge in [-0.05, 0) is 24.4 Å².